The molecular formula is C35H36F6O4. The molecule has 4 nitrogen and oxygen atoms in total. The lowest BCUT2D eigenvalue weighted by Crippen LogP contribution is -2.26. The van der Waals surface area contributed by atoms with Gasteiger partial charge in [-0.2, -0.15) is 13.2 Å². The normalized spacial score (nSPS) is 21.8. The maximum Gasteiger partial charge on any atom is 0.314 e. The zero-order valence-corrected chi connectivity index (χ0v) is 25.2. The van der Waals surface area contributed by atoms with Gasteiger partial charge >= 0.3 is 5.97 Å². The van der Waals surface area contributed by atoms with Gasteiger partial charge in [-0.3, -0.25) is 4.79 Å². The first kappa shape index (κ1) is 32.7. The number of carbonyl (C=O) groups is 1. The van der Waals surface area contributed by atoms with E-state index in [9.17, 15) is 22.4 Å². The zero-order valence-electron chi connectivity index (χ0n) is 25.2. The zero-order chi connectivity index (χ0) is 32.2. The molecule has 0 spiro atoms. The molecule has 0 radical (unpaired) electrons. The summed E-state index contributed by atoms with van der Waals surface area (Å²) in [4.78, 5) is 12.9. The molecular weight excluding hydrogens is 598 g/mol. The number of hydrogen-bond acceptors (Lipinski definition) is 4. The highest BCUT2D eigenvalue weighted by molar-refractivity contribution is 5.75. The van der Waals surface area contributed by atoms with Crippen LogP contribution < -0.4 is 14.2 Å². The summed E-state index contributed by atoms with van der Waals surface area (Å²) >= 11 is 0. The minimum atomic E-state index is -1.26. The van der Waals surface area contributed by atoms with E-state index in [4.69, 9.17) is 14.2 Å². The van der Waals surface area contributed by atoms with Crippen LogP contribution in [0.15, 0.2) is 36.4 Å². The molecule has 0 amide bonds. The first-order valence-corrected chi connectivity index (χ1v) is 15.5. The topological polar surface area (TPSA) is 44.8 Å². The number of carbonyl (C=O) groups excluding carboxylic acids is 1. The van der Waals surface area contributed by atoms with Gasteiger partial charge in [0, 0.05) is 0 Å². The summed E-state index contributed by atoms with van der Waals surface area (Å²) in [6.45, 7) is 3.76. The van der Waals surface area contributed by atoms with Gasteiger partial charge in [-0.15, -0.1) is 0 Å². The molecule has 45 heavy (non-hydrogen) atoms. The molecule has 3 aromatic carbocycles. The Morgan fingerprint density at radius 3 is 1.24 bits per heavy atom. The van der Waals surface area contributed by atoms with Crippen LogP contribution in [0.5, 0.6) is 17.2 Å². The molecule has 2 aliphatic rings. The van der Waals surface area contributed by atoms with Crippen LogP contribution in [0.25, 0.3) is 0 Å². The third-order valence-corrected chi connectivity index (χ3v) is 9.15. The van der Waals surface area contributed by atoms with Crippen molar-refractivity contribution in [3.05, 3.63) is 88.0 Å². The lowest BCUT2D eigenvalue weighted by atomic mass is 9.76. The van der Waals surface area contributed by atoms with E-state index in [0.717, 1.165) is 0 Å². The van der Waals surface area contributed by atoms with Gasteiger partial charge in [-0.25, -0.2) is 13.2 Å². The number of rotatable bonds is 9. The Bertz CT molecular complexity index is 1530. The van der Waals surface area contributed by atoms with Crippen LogP contribution in [-0.4, -0.2) is 19.2 Å². The van der Waals surface area contributed by atoms with E-state index in [1.54, 1.807) is 13.8 Å². The summed E-state index contributed by atoms with van der Waals surface area (Å²) in [5, 5.41) is 0. The number of hydrogen-bond donors (Lipinski definition) is 0. The summed E-state index contributed by atoms with van der Waals surface area (Å²) in [5.74, 6) is -9.34. The van der Waals surface area contributed by atoms with Gasteiger partial charge in [0.25, 0.3) is 0 Å². The highest BCUT2D eigenvalue weighted by Gasteiger charge is 2.33. The first-order valence-electron chi connectivity index (χ1n) is 15.5. The summed E-state index contributed by atoms with van der Waals surface area (Å²) in [6, 6.07) is 8.46. The molecule has 0 heterocycles. The second-order valence-corrected chi connectivity index (χ2v) is 11.7. The molecule has 0 bridgehead atoms. The highest BCUT2D eigenvalue weighted by atomic mass is 19.2. The van der Waals surface area contributed by atoms with Crippen molar-refractivity contribution in [2.24, 2.45) is 5.92 Å². The van der Waals surface area contributed by atoms with Crippen molar-refractivity contribution in [2.45, 2.75) is 83.0 Å². The molecule has 3 aromatic rings. The lowest BCUT2D eigenvalue weighted by Gasteiger charge is -2.30. The second kappa shape index (κ2) is 14.2. The molecule has 0 N–H and O–H groups in total. The predicted octanol–water partition coefficient (Wildman–Crippen LogP) is 9.64. The SMILES string of the molecule is CCOc1ccc(C2CCC(C(=O)Oc3ccc(C4CCC(c5ccc(OCC)c(F)c5F)CC4)c(F)c3F)CC2)c(F)c1F. The van der Waals surface area contributed by atoms with Crippen LogP contribution in [0, 0.1) is 40.8 Å². The fourth-order valence-electron chi connectivity index (χ4n) is 6.75. The third-order valence-electron chi connectivity index (χ3n) is 9.15. The van der Waals surface area contributed by atoms with Crippen molar-refractivity contribution in [3.63, 3.8) is 0 Å². The number of ether oxygens (including phenoxy) is 3. The summed E-state index contributed by atoms with van der Waals surface area (Å²) < 4.78 is 104. The van der Waals surface area contributed by atoms with Crippen molar-refractivity contribution in [2.75, 3.05) is 13.2 Å². The Balaban J connectivity index is 1.18. The van der Waals surface area contributed by atoms with E-state index in [1.807, 2.05) is 0 Å². The number of benzene rings is 3. The van der Waals surface area contributed by atoms with E-state index in [1.165, 1.54) is 36.4 Å². The Labute approximate surface area is 258 Å². The maximum absolute atomic E-state index is 15.2. The molecule has 0 saturated heterocycles. The summed E-state index contributed by atoms with van der Waals surface area (Å²) in [6.07, 6.45) is 3.24. The van der Waals surface area contributed by atoms with Gasteiger partial charge in [-0.1, -0.05) is 18.2 Å². The van der Waals surface area contributed by atoms with Gasteiger partial charge < -0.3 is 14.2 Å². The highest BCUT2D eigenvalue weighted by Crippen LogP contribution is 2.44. The standard InChI is InChI=1S/C35H36F6O4/c1-3-43-26-16-13-23(29(36)32(26)39)19-5-7-20(8-6-19)25-15-18-28(34(41)31(25)38)45-35(42)22-11-9-21(10-12-22)24-14-17-27(44-4-2)33(40)30(24)37/h13-22H,3-12H2,1-2H3. The van der Waals surface area contributed by atoms with Crippen molar-refractivity contribution < 1.29 is 45.3 Å². The van der Waals surface area contributed by atoms with Gasteiger partial charge in [-0.05, 0) is 118 Å². The molecule has 5 rings (SSSR count). The van der Waals surface area contributed by atoms with E-state index >= 15 is 8.78 Å². The quantitative estimate of drug-likeness (QED) is 0.134. The minimum Gasteiger partial charge on any atom is -0.491 e. The van der Waals surface area contributed by atoms with Crippen molar-refractivity contribution in [3.8, 4) is 17.2 Å². The van der Waals surface area contributed by atoms with E-state index in [0.29, 0.717) is 51.4 Å². The Kier molecular flexibility index (Phi) is 10.3. The first-order chi connectivity index (χ1) is 21.6. The summed E-state index contributed by atoms with van der Waals surface area (Å²) in [5.41, 5.74) is 0.612. The Morgan fingerprint density at radius 1 is 0.533 bits per heavy atom. The smallest absolute Gasteiger partial charge is 0.314 e. The third kappa shape index (κ3) is 6.79. The molecule has 0 aromatic heterocycles. The largest absolute Gasteiger partial charge is 0.491 e. The minimum absolute atomic E-state index is 0.144. The average Bonchev–Trinajstić information content (AvgIpc) is 3.05. The fraction of sp³-hybridized carbons (Fsp3) is 0.457. The molecule has 0 aliphatic heterocycles. The van der Waals surface area contributed by atoms with Crippen LogP contribution in [0.3, 0.4) is 0 Å². The monoisotopic (exact) mass is 634 g/mol. The molecule has 2 aliphatic carbocycles. The summed E-state index contributed by atoms with van der Waals surface area (Å²) in [7, 11) is 0. The number of esters is 1. The fourth-order valence-corrected chi connectivity index (χ4v) is 6.75. The molecule has 0 atom stereocenters. The number of halogens is 6. The van der Waals surface area contributed by atoms with Crippen LogP contribution in [0.2, 0.25) is 0 Å². The predicted molar refractivity (Wildman–Crippen MR) is 156 cm³/mol. The van der Waals surface area contributed by atoms with Crippen molar-refractivity contribution >= 4 is 5.97 Å². The molecule has 2 saturated carbocycles. The van der Waals surface area contributed by atoms with Crippen LogP contribution in [0.1, 0.15) is 99.7 Å². The molecule has 0 unspecified atom stereocenters. The van der Waals surface area contributed by atoms with Crippen molar-refractivity contribution in [1.29, 1.82) is 0 Å². The molecule has 242 valence electrons. The average molecular weight is 635 g/mol. The molecule has 10 heteroatoms. The van der Waals surface area contributed by atoms with Gasteiger partial charge in [0.1, 0.15) is 0 Å². The van der Waals surface area contributed by atoms with Crippen LogP contribution in [-0.2, 0) is 4.79 Å². The van der Waals surface area contributed by atoms with Gasteiger partial charge in [0.05, 0.1) is 19.1 Å². The van der Waals surface area contributed by atoms with E-state index in [2.05, 4.69) is 0 Å². The van der Waals surface area contributed by atoms with Crippen LogP contribution >= 0.6 is 0 Å². The van der Waals surface area contributed by atoms with Crippen molar-refractivity contribution in [1.82, 2.24) is 0 Å². The van der Waals surface area contributed by atoms with Crippen LogP contribution in [0.4, 0.5) is 26.3 Å². The maximum atomic E-state index is 15.2. The van der Waals surface area contributed by atoms with E-state index in [-0.39, 0.29) is 59.2 Å². The van der Waals surface area contributed by atoms with Gasteiger partial charge in [0.15, 0.2) is 34.7 Å². The molecule has 2 fully saturated rings. The van der Waals surface area contributed by atoms with E-state index < -0.39 is 52.5 Å². The lowest BCUT2D eigenvalue weighted by molar-refractivity contribution is -0.140. The Morgan fingerprint density at radius 2 is 0.867 bits per heavy atom. The second-order valence-electron chi connectivity index (χ2n) is 11.7. The Hall–Kier alpha value is -3.69. The van der Waals surface area contributed by atoms with Gasteiger partial charge in [0.2, 0.25) is 17.5 Å².